The zero-order valence-electron chi connectivity index (χ0n) is 18.4. The van der Waals surface area contributed by atoms with Gasteiger partial charge in [0.1, 0.15) is 17.0 Å². The summed E-state index contributed by atoms with van der Waals surface area (Å²) >= 11 is 5.33. The number of carbonyl (C=O) groups excluding carboxylic acids is 1. The number of carbonyl (C=O) groups is 1. The van der Waals surface area contributed by atoms with Crippen molar-refractivity contribution in [2.24, 2.45) is 0 Å². The van der Waals surface area contributed by atoms with Gasteiger partial charge in [-0.15, -0.1) is 0 Å². The van der Waals surface area contributed by atoms with E-state index in [2.05, 4.69) is 15.6 Å². The number of rotatable bonds is 6. The lowest BCUT2D eigenvalue weighted by Gasteiger charge is -2.12. The number of nitrogens with zero attached hydrogens (tertiary/aromatic N) is 1. The van der Waals surface area contributed by atoms with Gasteiger partial charge >= 0.3 is 0 Å². The van der Waals surface area contributed by atoms with Crippen molar-refractivity contribution in [2.75, 3.05) is 12.4 Å². The third kappa shape index (κ3) is 5.48. The molecule has 4 rings (SSSR count). The molecule has 4 aromatic rings. The molecule has 1 aromatic heterocycles. The maximum absolute atomic E-state index is 12.6. The number of oxazole rings is 1. The van der Waals surface area contributed by atoms with Crippen molar-refractivity contribution in [1.29, 1.82) is 0 Å². The van der Waals surface area contributed by atoms with E-state index in [9.17, 15) is 4.79 Å². The zero-order chi connectivity index (χ0) is 23.4. The molecule has 168 valence electrons. The highest BCUT2D eigenvalue weighted by Crippen LogP contribution is 2.28. The topological polar surface area (TPSA) is 85.6 Å². The van der Waals surface area contributed by atoms with Gasteiger partial charge in [-0.05, 0) is 74.6 Å². The Morgan fingerprint density at radius 2 is 1.85 bits per heavy atom. The van der Waals surface area contributed by atoms with Crippen LogP contribution in [0.2, 0.25) is 0 Å². The Morgan fingerprint density at radius 1 is 1.03 bits per heavy atom. The van der Waals surface area contributed by atoms with E-state index in [1.807, 2.05) is 56.3 Å². The first-order chi connectivity index (χ1) is 15.9. The average molecular weight is 462 g/mol. The molecule has 2 N–H and O–H groups in total. The van der Waals surface area contributed by atoms with Crippen molar-refractivity contribution < 1.29 is 18.7 Å². The lowest BCUT2D eigenvalue weighted by molar-refractivity contribution is 0.0977. The fraction of sp³-hybridized carbons (Fsp3) is 0.160. The van der Waals surface area contributed by atoms with Crippen LogP contribution >= 0.6 is 12.2 Å². The van der Waals surface area contributed by atoms with E-state index in [1.54, 1.807) is 31.4 Å². The molecule has 1 heterocycles. The fourth-order valence-electron chi connectivity index (χ4n) is 3.21. The summed E-state index contributed by atoms with van der Waals surface area (Å²) in [6.07, 6.45) is 0.0154. The van der Waals surface area contributed by atoms with E-state index in [1.165, 1.54) is 0 Å². The van der Waals surface area contributed by atoms with Crippen LogP contribution in [0.25, 0.3) is 22.6 Å². The lowest BCUT2D eigenvalue weighted by atomic mass is 10.2. The molecular weight excluding hydrogens is 438 g/mol. The number of fused-ring (bicyclic) bond motifs is 1. The molecular formula is C25H23N3O4S. The second-order valence-corrected chi connectivity index (χ2v) is 7.94. The summed E-state index contributed by atoms with van der Waals surface area (Å²) in [5.74, 6) is 1.48. The molecule has 1 amide bonds. The fourth-order valence-corrected chi connectivity index (χ4v) is 3.42. The van der Waals surface area contributed by atoms with Gasteiger partial charge in [0, 0.05) is 22.9 Å². The molecule has 0 aliphatic heterocycles. The largest absolute Gasteiger partial charge is 0.497 e. The van der Waals surface area contributed by atoms with Crippen LogP contribution in [-0.2, 0) is 0 Å². The Morgan fingerprint density at radius 3 is 2.64 bits per heavy atom. The molecule has 0 spiro atoms. The zero-order valence-corrected chi connectivity index (χ0v) is 19.2. The molecule has 33 heavy (non-hydrogen) atoms. The predicted octanol–water partition coefficient (Wildman–Crippen LogP) is 5.42. The molecule has 0 atom stereocenters. The normalized spacial score (nSPS) is 10.8. The first kappa shape index (κ1) is 22.3. The summed E-state index contributed by atoms with van der Waals surface area (Å²) in [6.45, 7) is 3.86. The van der Waals surface area contributed by atoms with E-state index in [4.69, 9.17) is 26.1 Å². The van der Waals surface area contributed by atoms with E-state index in [0.29, 0.717) is 39.7 Å². The highest BCUT2D eigenvalue weighted by atomic mass is 32.1. The number of thiocarbonyl (C=S) groups is 1. The Hall–Kier alpha value is -3.91. The minimum Gasteiger partial charge on any atom is -0.497 e. The monoisotopic (exact) mass is 461 g/mol. The van der Waals surface area contributed by atoms with Gasteiger partial charge in [-0.3, -0.25) is 10.1 Å². The summed E-state index contributed by atoms with van der Waals surface area (Å²) in [5.41, 5.74) is 3.27. The summed E-state index contributed by atoms with van der Waals surface area (Å²) in [5, 5.41) is 5.90. The highest BCUT2D eigenvalue weighted by molar-refractivity contribution is 7.80. The Balaban J connectivity index is 1.45. The van der Waals surface area contributed by atoms with E-state index >= 15 is 0 Å². The van der Waals surface area contributed by atoms with Gasteiger partial charge < -0.3 is 19.2 Å². The maximum atomic E-state index is 12.6. The van der Waals surface area contributed by atoms with Gasteiger partial charge in [0.2, 0.25) is 5.89 Å². The number of hydrogen-bond donors (Lipinski definition) is 2. The standard InChI is InChI=1S/C25H23N3O4S/c1-15(2)31-20-9-5-6-16(13-20)23(29)28-25(33)26-18-8-4-7-17(12-18)24-27-21-14-19(30-3)10-11-22(21)32-24/h4-15H,1-3H3,(H2,26,28,29,33). The van der Waals surface area contributed by atoms with Gasteiger partial charge in [0.25, 0.3) is 5.91 Å². The van der Waals surface area contributed by atoms with Gasteiger partial charge in [-0.25, -0.2) is 4.98 Å². The number of nitrogens with one attached hydrogen (secondary N) is 2. The molecule has 0 radical (unpaired) electrons. The summed E-state index contributed by atoms with van der Waals surface area (Å²) in [7, 11) is 1.61. The number of benzene rings is 3. The van der Waals surface area contributed by atoms with Crippen molar-refractivity contribution in [2.45, 2.75) is 20.0 Å². The molecule has 0 unspecified atom stereocenters. The summed E-state index contributed by atoms with van der Waals surface area (Å²) in [4.78, 5) is 17.1. The molecule has 0 aliphatic carbocycles. The predicted molar refractivity (Wildman–Crippen MR) is 132 cm³/mol. The van der Waals surface area contributed by atoms with Crippen molar-refractivity contribution in [3.8, 4) is 23.0 Å². The lowest BCUT2D eigenvalue weighted by Crippen LogP contribution is -2.34. The van der Waals surface area contributed by atoms with E-state index in [0.717, 1.165) is 5.56 Å². The van der Waals surface area contributed by atoms with Crippen molar-refractivity contribution in [1.82, 2.24) is 10.3 Å². The van der Waals surface area contributed by atoms with Crippen molar-refractivity contribution in [3.63, 3.8) is 0 Å². The minimum atomic E-state index is -0.328. The molecule has 8 heteroatoms. The van der Waals surface area contributed by atoms with Crippen molar-refractivity contribution >= 4 is 40.0 Å². The smallest absolute Gasteiger partial charge is 0.257 e. The minimum absolute atomic E-state index is 0.0154. The molecule has 3 aromatic carbocycles. The van der Waals surface area contributed by atoms with Gasteiger partial charge in [-0.2, -0.15) is 0 Å². The highest BCUT2D eigenvalue weighted by Gasteiger charge is 2.12. The summed E-state index contributed by atoms with van der Waals surface area (Å²) in [6, 6.07) is 19.8. The Kier molecular flexibility index (Phi) is 6.55. The Bertz CT molecular complexity index is 1320. The maximum Gasteiger partial charge on any atom is 0.257 e. The first-order valence-corrected chi connectivity index (χ1v) is 10.8. The van der Waals surface area contributed by atoms with Crippen molar-refractivity contribution in [3.05, 3.63) is 72.3 Å². The third-order valence-electron chi connectivity index (χ3n) is 4.66. The number of methoxy groups -OCH3 is 1. The Labute approximate surface area is 196 Å². The molecule has 0 bridgehead atoms. The van der Waals surface area contributed by atoms with E-state index < -0.39 is 0 Å². The van der Waals surface area contributed by atoms with Crippen LogP contribution in [0.15, 0.2) is 71.1 Å². The second kappa shape index (κ2) is 9.70. The number of aromatic nitrogens is 1. The second-order valence-electron chi connectivity index (χ2n) is 7.54. The number of amides is 1. The first-order valence-electron chi connectivity index (χ1n) is 10.4. The van der Waals surface area contributed by atoms with Crippen LogP contribution in [0.4, 0.5) is 5.69 Å². The summed E-state index contributed by atoms with van der Waals surface area (Å²) < 4.78 is 16.8. The van der Waals surface area contributed by atoms with Crippen LogP contribution in [0.3, 0.4) is 0 Å². The number of anilines is 1. The van der Waals surface area contributed by atoms with Crippen LogP contribution < -0.4 is 20.1 Å². The third-order valence-corrected chi connectivity index (χ3v) is 4.86. The molecule has 0 saturated heterocycles. The number of ether oxygens (including phenoxy) is 2. The van der Waals surface area contributed by atoms with Crippen LogP contribution in [0.5, 0.6) is 11.5 Å². The average Bonchev–Trinajstić information content (AvgIpc) is 3.22. The number of hydrogen-bond acceptors (Lipinski definition) is 6. The molecule has 0 aliphatic rings. The molecule has 0 fully saturated rings. The van der Waals surface area contributed by atoms with Gasteiger partial charge in [0.15, 0.2) is 10.7 Å². The SMILES string of the molecule is COc1ccc2oc(-c3cccc(NC(=S)NC(=O)c4cccc(OC(C)C)c4)c3)nc2c1. The van der Waals surface area contributed by atoms with Crippen LogP contribution in [0, 0.1) is 0 Å². The molecule has 0 saturated carbocycles. The van der Waals surface area contributed by atoms with Gasteiger partial charge in [-0.1, -0.05) is 12.1 Å². The van der Waals surface area contributed by atoms with E-state index in [-0.39, 0.29) is 17.1 Å². The van der Waals surface area contributed by atoms with Crippen LogP contribution in [-0.4, -0.2) is 29.2 Å². The quantitative estimate of drug-likeness (QED) is 0.371. The van der Waals surface area contributed by atoms with Gasteiger partial charge in [0.05, 0.1) is 13.2 Å². The molecule has 7 nitrogen and oxygen atoms in total. The van der Waals surface area contributed by atoms with Crippen LogP contribution in [0.1, 0.15) is 24.2 Å².